The third kappa shape index (κ3) is 6.82. The van der Waals surface area contributed by atoms with Gasteiger partial charge in [0.2, 0.25) is 0 Å². The quantitative estimate of drug-likeness (QED) is 0.288. The van der Waals surface area contributed by atoms with Gasteiger partial charge in [0.15, 0.2) is 15.8 Å². The monoisotopic (exact) mass is 443 g/mol. The summed E-state index contributed by atoms with van der Waals surface area (Å²) >= 11 is 0. The van der Waals surface area contributed by atoms with Gasteiger partial charge in [0.05, 0.1) is 24.7 Å². The lowest BCUT2D eigenvalue weighted by atomic mass is 10.1. The molecule has 1 unspecified atom stereocenters. The molecule has 0 amide bonds. The molecule has 0 aromatic carbocycles. The van der Waals surface area contributed by atoms with Gasteiger partial charge in [0.1, 0.15) is 0 Å². The fraction of sp³-hybridized carbons (Fsp3) is 0.786. The van der Waals surface area contributed by atoms with E-state index < -0.39 is 9.84 Å². The van der Waals surface area contributed by atoms with E-state index in [2.05, 4.69) is 21.7 Å². The van der Waals surface area contributed by atoms with Crippen molar-refractivity contribution in [3.63, 3.8) is 0 Å². The maximum absolute atomic E-state index is 11.5. The molecule has 2 aliphatic heterocycles. The number of halogens is 1. The summed E-state index contributed by atoms with van der Waals surface area (Å²) in [6.07, 6.45) is 4.71. The Labute approximate surface area is 150 Å². The van der Waals surface area contributed by atoms with Crippen LogP contribution in [-0.2, 0) is 14.6 Å². The molecule has 2 aliphatic rings. The Hall–Kier alpha value is -0.350. The van der Waals surface area contributed by atoms with E-state index in [1.807, 2.05) is 6.92 Å². The number of nitrogens with one attached hydrogen (secondary N) is 2. The fourth-order valence-electron chi connectivity index (χ4n) is 2.53. The molecule has 1 saturated heterocycles. The molecular formula is C14H26IN3O3S. The summed E-state index contributed by atoms with van der Waals surface area (Å²) in [7, 11) is -2.86. The summed E-state index contributed by atoms with van der Waals surface area (Å²) in [5.74, 6) is 1.20. The van der Waals surface area contributed by atoms with Crippen LogP contribution >= 0.6 is 24.0 Å². The van der Waals surface area contributed by atoms with Gasteiger partial charge in [-0.2, -0.15) is 0 Å². The first-order chi connectivity index (χ1) is 10.1. The van der Waals surface area contributed by atoms with Gasteiger partial charge in [0.25, 0.3) is 0 Å². The molecule has 1 fully saturated rings. The zero-order valence-electron chi connectivity index (χ0n) is 13.0. The van der Waals surface area contributed by atoms with Crippen LogP contribution in [0.1, 0.15) is 26.2 Å². The van der Waals surface area contributed by atoms with Crippen LogP contribution in [0.25, 0.3) is 0 Å². The Bertz CT molecular complexity index is 505. The highest BCUT2D eigenvalue weighted by Crippen LogP contribution is 2.12. The number of nitrogens with zero attached hydrogens (tertiary/aromatic N) is 1. The van der Waals surface area contributed by atoms with Crippen LogP contribution in [0.15, 0.2) is 16.6 Å². The standard InChI is InChI=1S/C14H25N3O3S.HI/c1-2-15-14(17-13-6-10-21(18,19)11-13)16-7-3-12-4-8-20-9-5-12;/h4,13H,2-3,5-11H2,1H3,(H2,15,16,17);1H. The first kappa shape index (κ1) is 19.7. The molecule has 0 aliphatic carbocycles. The summed E-state index contributed by atoms with van der Waals surface area (Å²) in [5.41, 5.74) is 1.39. The van der Waals surface area contributed by atoms with Gasteiger partial charge < -0.3 is 15.4 Å². The molecule has 0 saturated carbocycles. The lowest BCUT2D eigenvalue weighted by molar-refractivity contribution is 0.153. The van der Waals surface area contributed by atoms with E-state index in [1.54, 1.807) is 0 Å². The number of guanidine groups is 1. The molecule has 8 heteroatoms. The fourth-order valence-corrected chi connectivity index (χ4v) is 4.20. The highest BCUT2D eigenvalue weighted by Gasteiger charge is 2.28. The summed E-state index contributed by atoms with van der Waals surface area (Å²) < 4.78 is 28.2. The largest absolute Gasteiger partial charge is 0.377 e. The molecule has 2 rings (SSSR count). The summed E-state index contributed by atoms with van der Waals surface area (Å²) in [6.45, 7) is 4.98. The lowest BCUT2D eigenvalue weighted by Gasteiger charge is -2.16. The molecule has 0 bridgehead atoms. The second kappa shape index (κ2) is 9.71. The third-order valence-electron chi connectivity index (χ3n) is 3.68. The Kier molecular flexibility index (Phi) is 8.70. The second-order valence-electron chi connectivity index (χ2n) is 5.44. The topological polar surface area (TPSA) is 79.8 Å². The highest BCUT2D eigenvalue weighted by molar-refractivity contribution is 14.0. The molecule has 22 heavy (non-hydrogen) atoms. The molecule has 1 atom stereocenters. The molecule has 2 heterocycles. The molecular weight excluding hydrogens is 417 g/mol. The first-order valence-electron chi connectivity index (χ1n) is 7.60. The maximum atomic E-state index is 11.5. The van der Waals surface area contributed by atoms with Crippen molar-refractivity contribution in [2.45, 2.75) is 32.2 Å². The second-order valence-corrected chi connectivity index (χ2v) is 7.67. The van der Waals surface area contributed by atoms with Gasteiger partial charge in [-0.3, -0.25) is 4.99 Å². The Morgan fingerprint density at radius 1 is 1.50 bits per heavy atom. The van der Waals surface area contributed by atoms with Gasteiger partial charge >= 0.3 is 0 Å². The number of sulfone groups is 1. The zero-order valence-corrected chi connectivity index (χ0v) is 16.2. The van der Waals surface area contributed by atoms with Gasteiger partial charge in [-0.15, -0.1) is 24.0 Å². The van der Waals surface area contributed by atoms with Crippen molar-refractivity contribution in [2.75, 3.05) is 37.8 Å². The number of rotatable bonds is 5. The van der Waals surface area contributed by atoms with Crippen molar-refractivity contribution in [3.05, 3.63) is 11.6 Å². The summed E-state index contributed by atoms with van der Waals surface area (Å²) in [4.78, 5) is 4.54. The van der Waals surface area contributed by atoms with E-state index in [0.717, 1.165) is 26.0 Å². The Morgan fingerprint density at radius 2 is 2.32 bits per heavy atom. The minimum atomic E-state index is -2.86. The van der Waals surface area contributed by atoms with E-state index >= 15 is 0 Å². The molecule has 0 spiro atoms. The minimum absolute atomic E-state index is 0. The van der Waals surface area contributed by atoms with Crippen LogP contribution in [0.3, 0.4) is 0 Å². The zero-order chi connectivity index (χ0) is 15.1. The number of hydrogen-bond donors (Lipinski definition) is 2. The molecule has 6 nitrogen and oxygen atoms in total. The normalized spacial score (nSPS) is 24.3. The Morgan fingerprint density at radius 3 is 2.91 bits per heavy atom. The van der Waals surface area contributed by atoms with Crippen molar-refractivity contribution in [1.29, 1.82) is 0 Å². The molecule has 0 aromatic heterocycles. The molecule has 2 N–H and O–H groups in total. The smallest absolute Gasteiger partial charge is 0.191 e. The van der Waals surface area contributed by atoms with Crippen molar-refractivity contribution in [3.8, 4) is 0 Å². The molecule has 0 radical (unpaired) electrons. The van der Waals surface area contributed by atoms with Crippen LogP contribution in [-0.4, -0.2) is 58.2 Å². The minimum Gasteiger partial charge on any atom is -0.377 e. The number of hydrogen-bond acceptors (Lipinski definition) is 4. The Balaban J connectivity index is 0.00000242. The molecule has 128 valence electrons. The van der Waals surface area contributed by atoms with E-state index in [9.17, 15) is 8.42 Å². The lowest BCUT2D eigenvalue weighted by Crippen LogP contribution is -2.44. The van der Waals surface area contributed by atoms with Gasteiger partial charge in [-0.1, -0.05) is 11.6 Å². The van der Waals surface area contributed by atoms with E-state index in [-0.39, 0.29) is 41.5 Å². The van der Waals surface area contributed by atoms with Gasteiger partial charge in [-0.25, -0.2) is 8.42 Å². The third-order valence-corrected chi connectivity index (χ3v) is 5.45. The van der Waals surface area contributed by atoms with Crippen molar-refractivity contribution in [1.82, 2.24) is 10.6 Å². The first-order valence-corrected chi connectivity index (χ1v) is 9.42. The summed E-state index contributed by atoms with van der Waals surface area (Å²) in [6, 6.07) is -0.0184. The van der Waals surface area contributed by atoms with Crippen LogP contribution < -0.4 is 10.6 Å². The van der Waals surface area contributed by atoms with Crippen LogP contribution in [0.2, 0.25) is 0 Å². The van der Waals surface area contributed by atoms with Crippen LogP contribution in [0, 0.1) is 0 Å². The van der Waals surface area contributed by atoms with Crippen LogP contribution in [0.5, 0.6) is 0 Å². The highest BCUT2D eigenvalue weighted by atomic mass is 127. The predicted molar refractivity (Wildman–Crippen MR) is 99.7 cm³/mol. The number of aliphatic imine (C=N–C) groups is 1. The van der Waals surface area contributed by atoms with Crippen molar-refractivity contribution >= 4 is 39.8 Å². The maximum Gasteiger partial charge on any atom is 0.191 e. The van der Waals surface area contributed by atoms with E-state index in [1.165, 1.54) is 5.57 Å². The van der Waals surface area contributed by atoms with E-state index in [4.69, 9.17) is 4.74 Å². The average Bonchev–Trinajstić information content (AvgIpc) is 2.79. The predicted octanol–water partition coefficient (Wildman–Crippen LogP) is 1.08. The van der Waals surface area contributed by atoms with Gasteiger partial charge in [-0.05, 0) is 26.2 Å². The number of ether oxygens (including phenoxy) is 1. The average molecular weight is 443 g/mol. The van der Waals surface area contributed by atoms with Gasteiger partial charge in [0, 0.05) is 19.1 Å². The van der Waals surface area contributed by atoms with Crippen LogP contribution in [0.4, 0.5) is 0 Å². The van der Waals surface area contributed by atoms with Crippen molar-refractivity contribution in [2.24, 2.45) is 4.99 Å². The van der Waals surface area contributed by atoms with E-state index in [0.29, 0.717) is 25.5 Å². The summed E-state index contributed by atoms with van der Waals surface area (Å²) in [5, 5.41) is 6.40. The SMILES string of the molecule is CCNC(=NCCC1=CCOCC1)NC1CCS(=O)(=O)C1.I. The molecule has 0 aromatic rings. The van der Waals surface area contributed by atoms with Crippen molar-refractivity contribution < 1.29 is 13.2 Å².